The molecule has 0 amide bonds. The zero-order chi connectivity index (χ0) is 15.2. The highest BCUT2D eigenvalue weighted by molar-refractivity contribution is 5.54. The van der Waals surface area contributed by atoms with Crippen molar-refractivity contribution in [2.45, 2.75) is 6.04 Å². The predicted molar refractivity (Wildman–Crippen MR) is 83.4 cm³/mol. The molecule has 0 bridgehead atoms. The number of benzene rings is 2. The van der Waals surface area contributed by atoms with E-state index in [1.54, 1.807) is 21.3 Å². The van der Waals surface area contributed by atoms with Crippen LogP contribution in [-0.4, -0.2) is 28.4 Å². The van der Waals surface area contributed by atoms with Crippen molar-refractivity contribution in [3.63, 3.8) is 0 Å². The van der Waals surface area contributed by atoms with Gasteiger partial charge in [0.2, 0.25) is 0 Å². The van der Waals surface area contributed by atoms with Crippen LogP contribution in [0.1, 0.15) is 17.2 Å². The topological polar surface area (TPSA) is 39.7 Å². The van der Waals surface area contributed by atoms with Crippen LogP contribution in [0.25, 0.3) is 0 Å². The first-order chi connectivity index (χ1) is 10.2. The third-order valence-electron chi connectivity index (χ3n) is 3.46. The standard InChI is InChI=1S/C17H21NO3/c1-18-17(12-8-6-5-7-9-12)16-14(20-3)10-13(19-2)11-15(16)21-4/h5-11,17-18H,1-4H3. The molecule has 4 heteroatoms. The summed E-state index contributed by atoms with van der Waals surface area (Å²) in [7, 11) is 6.84. The number of hydrogen-bond donors (Lipinski definition) is 1. The summed E-state index contributed by atoms with van der Waals surface area (Å²) >= 11 is 0. The van der Waals surface area contributed by atoms with E-state index in [0.29, 0.717) is 5.75 Å². The van der Waals surface area contributed by atoms with Gasteiger partial charge in [-0.3, -0.25) is 0 Å². The monoisotopic (exact) mass is 287 g/mol. The molecular formula is C17H21NO3. The second-order valence-electron chi connectivity index (χ2n) is 4.58. The lowest BCUT2D eigenvalue weighted by atomic mass is 9.96. The highest BCUT2D eigenvalue weighted by Crippen LogP contribution is 2.40. The largest absolute Gasteiger partial charge is 0.496 e. The number of hydrogen-bond acceptors (Lipinski definition) is 4. The minimum Gasteiger partial charge on any atom is -0.496 e. The fourth-order valence-electron chi connectivity index (χ4n) is 2.44. The molecule has 0 spiro atoms. The molecule has 0 heterocycles. The van der Waals surface area contributed by atoms with E-state index >= 15 is 0 Å². The minimum absolute atomic E-state index is 0.0259. The van der Waals surface area contributed by atoms with Crippen LogP contribution in [0.5, 0.6) is 17.2 Å². The lowest BCUT2D eigenvalue weighted by molar-refractivity contribution is 0.364. The molecule has 0 saturated heterocycles. The van der Waals surface area contributed by atoms with Crippen LogP contribution in [0.4, 0.5) is 0 Å². The van der Waals surface area contributed by atoms with Crippen molar-refractivity contribution in [2.24, 2.45) is 0 Å². The lowest BCUT2D eigenvalue weighted by Gasteiger charge is -2.23. The minimum atomic E-state index is -0.0259. The average molecular weight is 287 g/mol. The first-order valence-corrected chi connectivity index (χ1v) is 6.77. The normalized spacial score (nSPS) is 11.8. The molecule has 0 fully saturated rings. The number of methoxy groups -OCH3 is 3. The van der Waals surface area contributed by atoms with E-state index in [0.717, 1.165) is 22.6 Å². The number of nitrogens with one attached hydrogen (secondary N) is 1. The van der Waals surface area contributed by atoms with E-state index in [2.05, 4.69) is 17.4 Å². The van der Waals surface area contributed by atoms with Gasteiger partial charge in [0, 0.05) is 12.1 Å². The fraction of sp³-hybridized carbons (Fsp3) is 0.294. The molecule has 0 saturated carbocycles. The summed E-state index contributed by atoms with van der Waals surface area (Å²) in [4.78, 5) is 0. The molecule has 2 aromatic carbocycles. The summed E-state index contributed by atoms with van der Waals surface area (Å²) in [6, 6.07) is 13.9. The molecule has 0 radical (unpaired) electrons. The SMILES string of the molecule is CNC(c1ccccc1)c1c(OC)cc(OC)cc1OC. The third-order valence-corrected chi connectivity index (χ3v) is 3.46. The van der Waals surface area contributed by atoms with Crippen molar-refractivity contribution < 1.29 is 14.2 Å². The number of rotatable bonds is 6. The van der Waals surface area contributed by atoms with Gasteiger partial charge < -0.3 is 19.5 Å². The quantitative estimate of drug-likeness (QED) is 0.886. The van der Waals surface area contributed by atoms with Crippen molar-refractivity contribution in [1.82, 2.24) is 5.32 Å². The number of ether oxygens (including phenoxy) is 3. The Labute approximate surface area is 125 Å². The van der Waals surface area contributed by atoms with Gasteiger partial charge >= 0.3 is 0 Å². The molecule has 2 rings (SSSR count). The first kappa shape index (κ1) is 15.2. The van der Waals surface area contributed by atoms with Crippen LogP contribution < -0.4 is 19.5 Å². The molecule has 1 atom stereocenters. The zero-order valence-corrected chi connectivity index (χ0v) is 12.8. The van der Waals surface area contributed by atoms with Crippen molar-refractivity contribution >= 4 is 0 Å². The van der Waals surface area contributed by atoms with E-state index < -0.39 is 0 Å². The molecule has 0 aliphatic heterocycles. The van der Waals surface area contributed by atoms with Crippen molar-refractivity contribution in [2.75, 3.05) is 28.4 Å². The molecule has 0 aromatic heterocycles. The van der Waals surface area contributed by atoms with Crippen LogP contribution in [-0.2, 0) is 0 Å². The molecule has 0 aliphatic rings. The predicted octanol–water partition coefficient (Wildman–Crippen LogP) is 3.02. The van der Waals surface area contributed by atoms with Crippen LogP contribution in [0.2, 0.25) is 0 Å². The van der Waals surface area contributed by atoms with Crippen LogP contribution in [0, 0.1) is 0 Å². The fourth-order valence-corrected chi connectivity index (χ4v) is 2.44. The zero-order valence-electron chi connectivity index (χ0n) is 12.8. The second-order valence-corrected chi connectivity index (χ2v) is 4.58. The molecule has 2 aromatic rings. The van der Waals surface area contributed by atoms with E-state index in [1.165, 1.54) is 0 Å². The Morgan fingerprint density at radius 1 is 0.857 bits per heavy atom. The summed E-state index contributed by atoms with van der Waals surface area (Å²) in [5, 5.41) is 3.32. The van der Waals surface area contributed by atoms with Gasteiger partial charge in [0.15, 0.2) is 0 Å². The summed E-state index contributed by atoms with van der Waals surface area (Å²) in [5.74, 6) is 2.17. The van der Waals surface area contributed by atoms with Gasteiger partial charge in [-0.15, -0.1) is 0 Å². The summed E-state index contributed by atoms with van der Waals surface area (Å²) in [5.41, 5.74) is 2.09. The Kier molecular flexibility index (Phi) is 5.06. The molecule has 1 unspecified atom stereocenters. The highest BCUT2D eigenvalue weighted by atomic mass is 16.5. The van der Waals surface area contributed by atoms with E-state index in [9.17, 15) is 0 Å². The molecular weight excluding hydrogens is 266 g/mol. The van der Waals surface area contributed by atoms with Crippen molar-refractivity contribution in [3.05, 3.63) is 53.6 Å². The maximum absolute atomic E-state index is 5.53. The average Bonchev–Trinajstić information content (AvgIpc) is 2.56. The van der Waals surface area contributed by atoms with Gasteiger partial charge in [-0.1, -0.05) is 30.3 Å². The van der Waals surface area contributed by atoms with Gasteiger partial charge in [0.25, 0.3) is 0 Å². The highest BCUT2D eigenvalue weighted by Gasteiger charge is 2.22. The second kappa shape index (κ2) is 6.99. The first-order valence-electron chi connectivity index (χ1n) is 6.77. The Morgan fingerprint density at radius 3 is 1.86 bits per heavy atom. The lowest BCUT2D eigenvalue weighted by Crippen LogP contribution is -2.19. The van der Waals surface area contributed by atoms with E-state index in [-0.39, 0.29) is 6.04 Å². The Morgan fingerprint density at radius 2 is 1.43 bits per heavy atom. The van der Waals surface area contributed by atoms with Gasteiger partial charge in [-0.05, 0) is 12.6 Å². The third kappa shape index (κ3) is 3.11. The summed E-state index contributed by atoms with van der Waals surface area (Å²) in [6.07, 6.45) is 0. The molecule has 0 aliphatic carbocycles. The smallest absolute Gasteiger partial charge is 0.131 e. The van der Waals surface area contributed by atoms with Gasteiger partial charge in [-0.25, -0.2) is 0 Å². The molecule has 4 nitrogen and oxygen atoms in total. The van der Waals surface area contributed by atoms with Gasteiger partial charge in [0.05, 0.1) is 32.9 Å². The van der Waals surface area contributed by atoms with Gasteiger partial charge in [0.1, 0.15) is 17.2 Å². The maximum Gasteiger partial charge on any atom is 0.131 e. The maximum atomic E-state index is 5.53. The Hall–Kier alpha value is -2.20. The Bertz CT molecular complexity index is 559. The van der Waals surface area contributed by atoms with Crippen LogP contribution in [0.3, 0.4) is 0 Å². The van der Waals surface area contributed by atoms with Crippen LogP contribution in [0.15, 0.2) is 42.5 Å². The molecule has 112 valence electrons. The van der Waals surface area contributed by atoms with Crippen LogP contribution >= 0.6 is 0 Å². The van der Waals surface area contributed by atoms with E-state index in [1.807, 2.05) is 37.4 Å². The molecule has 21 heavy (non-hydrogen) atoms. The van der Waals surface area contributed by atoms with Crippen molar-refractivity contribution in [1.29, 1.82) is 0 Å². The van der Waals surface area contributed by atoms with Crippen molar-refractivity contribution in [3.8, 4) is 17.2 Å². The summed E-state index contributed by atoms with van der Waals surface area (Å²) in [6.45, 7) is 0. The summed E-state index contributed by atoms with van der Waals surface area (Å²) < 4.78 is 16.4. The Balaban J connectivity index is 2.59. The molecule has 1 N–H and O–H groups in total. The van der Waals surface area contributed by atoms with E-state index in [4.69, 9.17) is 14.2 Å². The van der Waals surface area contributed by atoms with Gasteiger partial charge in [-0.2, -0.15) is 0 Å².